The van der Waals surface area contributed by atoms with E-state index in [1.807, 2.05) is 24.3 Å². The maximum atomic E-state index is 12.3. The molecule has 3 nitrogen and oxygen atoms in total. The van der Waals surface area contributed by atoms with E-state index in [0.29, 0.717) is 5.02 Å². The number of rotatable bonds is 4. The molecule has 0 bridgehead atoms. The van der Waals surface area contributed by atoms with E-state index in [1.54, 1.807) is 6.92 Å². The first-order valence-corrected chi connectivity index (χ1v) is 9.05. The minimum absolute atomic E-state index is 0.0841. The van der Waals surface area contributed by atoms with Gasteiger partial charge in [0.1, 0.15) is 0 Å². The molecule has 21 heavy (non-hydrogen) atoms. The highest BCUT2D eigenvalue weighted by Gasteiger charge is 2.19. The van der Waals surface area contributed by atoms with E-state index >= 15 is 0 Å². The van der Waals surface area contributed by atoms with Gasteiger partial charge in [-0.2, -0.15) is 0 Å². The highest BCUT2D eigenvalue weighted by molar-refractivity contribution is 9.10. The molecule has 2 rings (SSSR count). The molecule has 2 aromatic rings. The monoisotopic (exact) mass is 407 g/mol. The summed E-state index contributed by atoms with van der Waals surface area (Å²) in [6.45, 7) is 1.78. The fourth-order valence-electron chi connectivity index (χ4n) is 1.76. The van der Waals surface area contributed by atoms with Crippen molar-refractivity contribution < 1.29 is 8.42 Å². The number of benzene rings is 2. The third kappa shape index (κ3) is 4.20. The van der Waals surface area contributed by atoms with E-state index in [2.05, 4.69) is 20.7 Å². The summed E-state index contributed by atoms with van der Waals surface area (Å²) in [5.74, 6) is 0. The van der Waals surface area contributed by atoms with Gasteiger partial charge in [0, 0.05) is 10.5 Å². The molecular formula is C14H12BrCl2NO2S. The van der Waals surface area contributed by atoms with Crippen molar-refractivity contribution in [1.29, 1.82) is 0 Å². The van der Waals surface area contributed by atoms with Gasteiger partial charge in [-0.25, -0.2) is 13.1 Å². The molecule has 7 heteroatoms. The van der Waals surface area contributed by atoms with Gasteiger partial charge in [0.05, 0.1) is 14.9 Å². The number of nitrogens with one attached hydrogen (secondary N) is 1. The lowest BCUT2D eigenvalue weighted by atomic mass is 10.1. The lowest BCUT2D eigenvalue weighted by Crippen LogP contribution is -2.26. The van der Waals surface area contributed by atoms with E-state index in [1.165, 1.54) is 18.2 Å². The zero-order chi connectivity index (χ0) is 15.6. The topological polar surface area (TPSA) is 46.2 Å². The molecule has 0 fully saturated rings. The highest BCUT2D eigenvalue weighted by atomic mass is 79.9. The van der Waals surface area contributed by atoms with Gasteiger partial charge in [-0.1, -0.05) is 51.3 Å². The largest absolute Gasteiger partial charge is 0.241 e. The molecule has 0 aromatic heterocycles. The summed E-state index contributed by atoms with van der Waals surface area (Å²) < 4.78 is 28.2. The van der Waals surface area contributed by atoms with Crippen LogP contribution in [0.5, 0.6) is 0 Å². The molecule has 0 radical (unpaired) electrons. The Kier molecular flexibility index (Phi) is 5.33. The van der Waals surface area contributed by atoms with Crippen LogP contribution in [-0.2, 0) is 10.0 Å². The van der Waals surface area contributed by atoms with Crippen LogP contribution >= 0.6 is 39.1 Å². The van der Waals surface area contributed by atoms with Gasteiger partial charge in [0.2, 0.25) is 10.0 Å². The van der Waals surface area contributed by atoms with E-state index in [-0.39, 0.29) is 16.0 Å². The van der Waals surface area contributed by atoms with Gasteiger partial charge in [-0.3, -0.25) is 0 Å². The molecule has 1 atom stereocenters. The van der Waals surface area contributed by atoms with Crippen molar-refractivity contribution in [1.82, 2.24) is 4.72 Å². The third-order valence-corrected chi connectivity index (χ3v) is 5.71. The van der Waals surface area contributed by atoms with Crippen LogP contribution in [0.4, 0.5) is 0 Å². The first-order chi connectivity index (χ1) is 9.79. The molecule has 1 N–H and O–H groups in total. The van der Waals surface area contributed by atoms with Gasteiger partial charge >= 0.3 is 0 Å². The minimum atomic E-state index is -3.66. The van der Waals surface area contributed by atoms with Crippen molar-refractivity contribution in [3.8, 4) is 0 Å². The van der Waals surface area contributed by atoms with E-state index in [9.17, 15) is 8.42 Å². The van der Waals surface area contributed by atoms with Crippen molar-refractivity contribution in [3.63, 3.8) is 0 Å². The lowest BCUT2D eigenvalue weighted by molar-refractivity contribution is 0.567. The van der Waals surface area contributed by atoms with Crippen LogP contribution in [0.2, 0.25) is 10.0 Å². The van der Waals surface area contributed by atoms with E-state index in [4.69, 9.17) is 23.2 Å². The third-order valence-electron chi connectivity index (χ3n) is 2.90. The molecule has 0 aliphatic heterocycles. The second kappa shape index (κ2) is 6.67. The predicted molar refractivity (Wildman–Crippen MR) is 89.3 cm³/mol. The zero-order valence-corrected chi connectivity index (χ0v) is 14.9. The molecule has 2 aromatic carbocycles. The highest BCUT2D eigenvalue weighted by Crippen LogP contribution is 2.26. The first kappa shape index (κ1) is 16.8. The Labute approximate surface area is 142 Å². The average molecular weight is 409 g/mol. The molecule has 0 saturated heterocycles. The quantitative estimate of drug-likeness (QED) is 0.789. The predicted octanol–water partition coefficient (Wildman–Crippen LogP) is 4.80. The van der Waals surface area contributed by atoms with Crippen molar-refractivity contribution in [2.24, 2.45) is 0 Å². The summed E-state index contributed by atoms with van der Waals surface area (Å²) in [4.78, 5) is 0.0841. The van der Waals surface area contributed by atoms with Gasteiger partial charge in [-0.05, 0) is 42.8 Å². The van der Waals surface area contributed by atoms with Gasteiger partial charge < -0.3 is 0 Å². The fourth-order valence-corrected chi connectivity index (χ4v) is 3.65. The SMILES string of the molecule is CC(NS(=O)(=O)c1ccc(Cl)c(Cl)c1)c1ccc(Br)cc1. The molecular weight excluding hydrogens is 397 g/mol. The Bertz CT molecular complexity index is 748. The van der Waals surface area contributed by atoms with Crippen LogP contribution in [0.25, 0.3) is 0 Å². The summed E-state index contributed by atoms with van der Waals surface area (Å²) in [6.07, 6.45) is 0. The van der Waals surface area contributed by atoms with Crippen LogP contribution in [0, 0.1) is 0 Å². The van der Waals surface area contributed by atoms with Crippen LogP contribution in [-0.4, -0.2) is 8.42 Å². The lowest BCUT2D eigenvalue weighted by Gasteiger charge is -2.15. The average Bonchev–Trinajstić information content (AvgIpc) is 2.42. The van der Waals surface area contributed by atoms with Crippen molar-refractivity contribution >= 4 is 49.2 Å². The Balaban J connectivity index is 2.24. The summed E-state index contributed by atoms with van der Waals surface area (Å²) in [6, 6.07) is 11.3. The van der Waals surface area contributed by atoms with Gasteiger partial charge in [0.25, 0.3) is 0 Å². The number of halogens is 3. The van der Waals surface area contributed by atoms with Gasteiger partial charge in [-0.15, -0.1) is 0 Å². The molecule has 0 spiro atoms. The molecule has 112 valence electrons. The van der Waals surface area contributed by atoms with Gasteiger partial charge in [0.15, 0.2) is 0 Å². The van der Waals surface area contributed by atoms with Crippen LogP contribution in [0.3, 0.4) is 0 Å². The Morgan fingerprint density at radius 1 is 1.05 bits per heavy atom. The Hall–Kier alpha value is -0.590. The van der Waals surface area contributed by atoms with Crippen LogP contribution in [0.1, 0.15) is 18.5 Å². The smallest absolute Gasteiger partial charge is 0.207 e. The number of sulfonamides is 1. The summed E-state index contributed by atoms with van der Waals surface area (Å²) in [5.41, 5.74) is 0.863. The summed E-state index contributed by atoms with van der Waals surface area (Å²) >= 11 is 15.0. The molecule has 0 aliphatic rings. The fraction of sp³-hybridized carbons (Fsp3) is 0.143. The normalized spacial score (nSPS) is 13.1. The molecule has 0 heterocycles. The van der Waals surface area contributed by atoms with E-state index in [0.717, 1.165) is 10.0 Å². The maximum Gasteiger partial charge on any atom is 0.241 e. The van der Waals surface area contributed by atoms with Crippen LogP contribution in [0.15, 0.2) is 51.8 Å². The zero-order valence-electron chi connectivity index (χ0n) is 11.0. The second-order valence-electron chi connectivity index (χ2n) is 4.47. The van der Waals surface area contributed by atoms with Crippen molar-refractivity contribution in [2.75, 3.05) is 0 Å². The molecule has 0 aliphatic carbocycles. The van der Waals surface area contributed by atoms with Crippen molar-refractivity contribution in [2.45, 2.75) is 17.9 Å². The van der Waals surface area contributed by atoms with Crippen molar-refractivity contribution in [3.05, 3.63) is 62.5 Å². The van der Waals surface area contributed by atoms with E-state index < -0.39 is 10.0 Å². The summed E-state index contributed by atoms with van der Waals surface area (Å²) in [5, 5.41) is 0.521. The minimum Gasteiger partial charge on any atom is -0.207 e. The Morgan fingerprint density at radius 3 is 2.24 bits per heavy atom. The number of hydrogen-bond donors (Lipinski definition) is 1. The second-order valence-corrected chi connectivity index (χ2v) is 7.91. The molecule has 0 amide bonds. The molecule has 0 saturated carbocycles. The standard InChI is InChI=1S/C14H12BrCl2NO2S/c1-9(10-2-4-11(15)5-3-10)18-21(19,20)12-6-7-13(16)14(17)8-12/h2-9,18H,1H3. The first-order valence-electron chi connectivity index (χ1n) is 6.02. The Morgan fingerprint density at radius 2 is 1.67 bits per heavy atom. The van der Waals surface area contributed by atoms with Crippen LogP contribution < -0.4 is 4.72 Å². The maximum absolute atomic E-state index is 12.3. The number of hydrogen-bond acceptors (Lipinski definition) is 2. The summed E-state index contributed by atoms with van der Waals surface area (Å²) in [7, 11) is -3.66. The molecule has 1 unspecified atom stereocenters.